The summed E-state index contributed by atoms with van der Waals surface area (Å²) in [5.74, 6) is -0.895. The van der Waals surface area contributed by atoms with Crippen molar-refractivity contribution < 1.29 is 19.4 Å². The van der Waals surface area contributed by atoms with E-state index in [-0.39, 0.29) is 11.3 Å². The van der Waals surface area contributed by atoms with E-state index in [1.807, 2.05) is 49.4 Å². The van der Waals surface area contributed by atoms with Crippen molar-refractivity contribution in [3.05, 3.63) is 101 Å². The molecule has 0 aromatic heterocycles. The van der Waals surface area contributed by atoms with Gasteiger partial charge < -0.3 is 9.84 Å². The Labute approximate surface area is 187 Å². The second kappa shape index (κ2) is 9.10. The third-order valence-corrected chi connectivity index (χ3v) is 5.62. The number of carbonyl (C=O) groups is 2. The largest absolute Gasteiger partial charge is 0.507 e. The molecule has 5 nitrogen and oxygen atoms in total. The molecule has 4 rings (SSSR count). The van der Waals surface area contributed by atoms with Gasteiger partial charge in [-0.3, -0.25) is 14.5 Å². The van der Waals surface area contributed by atoms with E-state index in [2.05, 4.69) is 6.92 Å². The highest BCUT2D eigenvalue weighted by atomic mass is 16.5. The zero-order valence-corrected chi connectivity index (χ0v) is 18.1. The summed E-state index contributed by atoms with van der Waals surface area (Å²) in [5, 5.41) is 11.2. The molecule has 1 amide bonds. The van der Waals surface area contributed by atoms with Gasteiger partial charge in [0, 0.05) is 11.3 Å². The Balaban J connectivity index is 1.87. The van der Waals surface area contributed by atoms with Crippen LogP contribution in [-0.4, -0.2) is 23.4 Å². The average Bonchev–Trinajstić information content (AvgIpc) is 3.10. The molecule has 0 bridgehead atoms. The minimum absolute atomic E-state index is 0.0762. The number of hydrogen-bond acceptors (Lipinski definition) is 4. The monoisotopic (exact) mass is 427 g/mol. The number of nitrogens with zero attached hydrogens (tertiary/aromatic N) is 1. The van der Waals surface area contributed by atoms with E-state index in [0.29, 0.717) is 23.6 Å². The molecule has 3 aromatic carbocycles. The summed E-state index contributed by atoms with van der Waals surface area (Å²) in [4.78, 5) is 27.7. The summed E-state index contributed by atoms with van der Waals surface area (Å²) in [7, 11) is 0. The summed E-state index contributed by atoms with van der Waals surface area (Å²) in [6, 6.07) is 23.0. The third kappa shape index (κ3) is 3.89. The first-order valence-corrected chi connectivity index (χ1v) is 10.7. The van der Waals surface area contributed by atoms with Crippen LogP contribution in [0.1, 0.15) is 36.6 Å². The Morgan fingerprint density at radius 3 is 2.16 bits per heavy atom. The molecule has 162 valence electrons. The summed E-state index contributed by atoms with van der Waals surface area (Å²) in [6.45, 7) is 4.49. The number of aryl methyl sites for hydroxylation is 1. The molecule has 1 aliphatic rings. The quantitative estimate of drug-likeness (QED) is 0.330. The second-order valence-corrected chi connectivity index (χ2v) is 7.56. The molecule has 5 heteroatoms. The predicted octanol–water partition coefficient (Wildman–Crippen LogP) is 5.27. The minimum Gasteiger partial charge on any atom is -0.507 e. The molecule has 1 atom stereocenters. The van der Waals surface area contributed by atoms with Gasteiger partial charge in [-0.25, -0.2) is 0 Å². The molecule has 1 aliphatic heterocycles. The van der Waals surface area contributed by atoms with Gasteiger partial charge in [0.2, 0.25) is 0 Å². The number of anilines is 1. The van der Waals surface area contributed by atoms with Crippen molar-refractivity contribution in [3.8, 4) is 5.75 Å². The predicted molar refractivity (Wildman–Crippen MR) is 125 cm³/mol. The number of Topliss-reactive ketones (excluding diaryl/α,β-unsaturated/α-hetero) is 1. The van der Waals surface area contributed by atoms with Crippen LogP contribution in [0.2, 0.25) is 0 Å². The first kappa shape index (κ1) is 21.4. The first-order valence-electron chi connectivity index (χ1n) is 10.7. The first-order chi connectivity index (χ1) is 15.5. The van der Waals surface area contributed by atoms with E-state index in [1.165, 1.54) is 4.90 Å². The van der Waals surface area contributed by atoms with E-state index < -0.39 is 17.7 Å². The maximum atomic E-state index is 13.1. The molecular formula is C27H25NO4. The molecule has 3 aromatic rings. The van der Waals surface area contributed by atoms with Crippen molar-refractivity contribution in [1.82, 2.24) is 0 Å². The highest BCUT2D eigenvalue weighted by molar-refractivity contribution is 6.51. The van der Waals surface area contributed by atoms with Gasteiger partial charge in [0.1, 0.15) is 11.5 Å². The number of aliphatic hydroxyl groups excluding tert-OH is 1. The van der Waals surface area contributed by atoms with Crippen molar-refractivity contribution >= 4 is 23.1 Å². The molecule has 0 saturated carbocycles. The summed E-state index contributed by atoms with van der Waals surface area (Å²) in [5.41, 5.74) is 3.04. The maximum absolute atomic E-state index is 13.1. The molecule has 1 fully saturated rings. The van der Waals surface area contributed by atoms with E-state index >= 15 is 0 Å². The lowest BCUT2D eigenvalue weighted by Crippen LogP contribution is -2.29. The number of benzene rings is 3. The number of para-hydroxylation sites is 1. The lowest BCUT2D eigenvalue weighted by atomic mass is 9.94. The lowest BCUT2D eigenvalue weighted by molar-refractivity contribution is -0.132. The maximum Gasteiger partial charge on any atom is 0.300 e. The van der Waals surface area contributed by atoms with Crippen LogP contribution in [0.25, 0.3) is 5.76 Å². The Hall–Kier alpha value is -3.86. The smallest absolute Gasteiger partial charge is 0.300 e. The van der Waals surface area contributed by atoms with Crippen molar-refractivity contribution in [2.75, 3.05) is 11.5 Å². The molecule has 1 heterocycles. The van der Waals surface area contributed by atoms with Crippen LogP contribution in [0, 0.1) is 0 Å². The number of amides is 1. The molecule has 1 N–H and O–H groups in total. The molecule has 0 aliphatic carbocycles. The highest BCUT2D eigenvalue weighted by Crippen LogP contribution is 2.42. The van der Waals surface area contributed by atoms with Crippen LogP contribution in [-0.2, 0) is 16.0 Å². The third-order valence-electron chi connectivity index (χ3n) is 5.62. The molecule has 0 spiro atoms. The van der Waals surface area contributed by atoms with Crippen LogP contribution < -0.4 is 9.64 Å². The van der Waals surface area contributed by atoms with E-state index in [9.17, 15) is 14.7 Å². The molecule has 1 unspecified atom stereocenters. The SMILES string of the molecule is CCOc1ccc(/C(O)=C2/C(=O)C(=O)N(c3ccccc3)C2c2ccc(CC)cc2)cc1. The fourth-order valence-electron chi connectivity index (χ4n) is 3.97. The van der Waals surface area contributed by atoms with Gasteiger partial charge in [0.15, 0.2) is 0 Å². The number of ether oxygens (including phenoxy) is 1. The van der Waals surface area contributed by atoms with Gasteiger partial charge >= 0.3 is 0 Å². The van der Waals surface area contributed by atoms with Gasteiger partial charge in [0.05, 0.1) is 18.2 Å². The Kier molecular flexibility index (Phi) is 6.08. The van der Waals surface area contributed by atoms with Crippen LogP contribution in [0.15, 0.2) is 84.4 Å². The molecule has 0 radical (unpaired) electrons. The normalized spacial score (nSPS) is 17.6. The number of carbonyl (C=O) groups excluding carboxylic acids is 2. The summed E-state index contributed by atoms with van der Waals surface area (Å²) in [6.07, 6.45) is 0.880. The van der Waals surface area contributed by atoms with Gasteiger partial charge in [-0.05, 0) is 60.9 Å². The fourth-order valence-corrected chi connectivity index (χ4v) is 3.97. The summed E-state index contributed by atoms with van der Waals surface area (Å²) >= 11 is 0. The highest BCUT2D eigenvalue weighted by Gasteiger charge is 2.46. The van der Waals surface area contributed by atoms with Gasteiger partial charge in [-0.1, -0.05) is 49.4 Å². The van der Waals surface area contributed by atoms with Gasteiger partial charge in [-0.2, -0.15) is 0 Å². The van der Waals surface area contributed by atoms with Crippen LogP contribution in [0.5, 0.6) is 5.75 Å². The van der Waals surface area contributed by atoms with E-state index in [4.69, 9.17) is 4.74 Å². The van der Waals surface area contributed by atoms with Crippen molar-refractivity contribution in [3.63, 3.8) is 0 Å². The zero-order chi connectivity index (χ0) is 22.7. The number of aliphatic hydroxyl groups is 1. The molecule has 1 saturated heterocycles. The Morgan fingerprint density at radius 1 is 0.906 bits per heavy atom. The minimum atomic E-state index is -0.727. The van der Waals surface area contributed by atoms with E-state index in [0.717, 1.165) is 17.5 Å². The number of rotatable bonds is 6. The average molecular weight is 428 g/mol. The van der Waals surface area contributed by atoms with Crippen LogP contribution >= 0.6 is 0 Å². The Morgan fingerprint density at radius 2 is 1.56 bits per heavy atom. The summed E-state index contributed by atoms with van der Waals surface area (Å²) < 4.78 is 5.46. The molecule has 32 heavy (non-hydrogen) atoms. The van der Waals surface area contributed by atoms with Gasteiger partial charge in [-0.15, -0.1) is 0 Å². The van der Waals surface area contributed by atoms with Crippen molar-refractivity contribution in [2.45, 2.75) is 26.3 Å². The van der Waals surface area contributed by atoms with Crippen molar-refractivity contribution in [2.24, 2.45) is 0 Å². The van der Waals surface area contributed by atoms with Crippen LogP contribution in [0.4, 0.5) is 5.69 Å². The van der Waals surface area contributed by atoms with E-state index in [1.54, 1.807) is 36.4 Å². The molecular weight excluding hydrogens is 402 g/mol. The standard InChI is InChI=1S/C27H25NO4/c1-3-18-10-12-19(13-11-18)24-23(25(29)20-14-16-22(17-15-20)32-4-2)26(30)27(31)28(24)21-8-6-5-7-9-21/h5-17,24,29H,3-4H2,1-2H3/b25-23-. The van der Waals surface area contributed by atoms with Gasteiger partial charge in [0.25, 0.3) is 11.7 Å². The second-order valence-electron chi connectivity index (χ2n) is 7.56. The lowest BCUT2D eigenvalue weighted by Gasteiger charge is -2.25. The fraction of sp³-hybridized carbons (Fsp3) is 0.185. The zero-order valence-electron chi connectivity index (χ0n) is 18.1. The number of hydrogen-bond donors (Lipinski definition) is 1. The Bertz CT molecular complexity index is 1150. The topological polar surface area (TPSA) is 66.8 Å². The van der Waals surface area contributed by atoms with Crippen LogP contribution in [0.3, 0.4) is 0 Å². The number of ketones is 1. The van der Waals surface area contributed by atoms with Crippen molar-refractivity contribution in [1.29, 1.82) is 0 Å².